The number of hydrogen-bond acceptors (Lipinski definition) is 1. The molecule has 1 aliphatic rings. The number of rotatable bonds is 2. The van der Waals surface area contributed by atoms with Crippen LogP contribution < -0.4 is 0 Å². The average molecular weight is 257 g/mol. The van der Waals surface area contributed by atoms with E-state index >= 15 is 0 Å². The molecule has 2 nitrogen and oxygen atoms in total. The first-order valence-electron chi connectivity index (χ1n) is 7.04. The van der Waals surface area contributed by atoms with Gasteiger partial charge < -0.3 is 4.90 Å². The van der Waals surface area contributed by atoms with Crippen LogP contribution >= 0.6 is 0 Å². The van der Waals surface area contributed by atoms with E-state index in [4.69, 9.17) is 0 Å². The van der Waals surface area contributed by atoms with Crippen molar-refractivity contribution in [2.75, 3.05) is 13.1 Å². The van der Waals surface area contributed by atoms with Crippen molar-refractivity contribution in [2.24, 2.45) is 0 Å². The van der Waals surface area contributed by atoms with Crippen molar-refractivity contribution in [3.8, 4) is 0 Å². The second-order valence-electron chi connectivity index (χ2n) is 5.69. The van der Waals surface area contributed by atoms with E-state index in [0.717, 1.165) is 31.5 Å². The van der Waals surface area contributed by atoms with Gasteiger partial charge in [0.15, 0.2) is 0 Å². The Labute approximate surface area is 116 Å². The van der Waals surface area contributed by atoms with E-state index in [-0.39, 0.29) is 11.3 Å². The fraction of sp³-hybridized carbons (Fsp3) is 0.471. The third kappa shape index (κ3) is 2.89. The van der Waals surface area contributed by atoms with Crippen molar-refractivity contribution in [2.45, 2.75) is 39.0 Å². The molecule has 2 heteroatoms. The fourth-order valence-electron chi connectivity index (χ4n) is 2.71. The van der Waals surface area contributed by atoms with Gasteiger partial charge in [0.1, 0.15) is 0 Å². The van der Waals surface area contributed by atoms with Crippen molar-refractivity contribution in [1.29, 1.82) is 0 Å². The molecule has 1 fully saturated rings. The Balaban J connectivity index is 2.05. The van der Waals surface area contributed by atoms with E-state index < -0.39 is 0 Å². The van der Waals surface area contributed by atoms with Gasteiger partial charge in [0.05, 0.1) is 0 Å². The van der Waals surface area contributed by atoms with Crippen LogP contribution in [0.4, 0.5) is 0 Å². The number of nitrogens with zero attached hydrogens (tertiary/aromatic N) is 1. The summed E-state index contributed by atoms with van der Waals surface area (Å²) in [5, 5.41) is 0. The summed E-state index contributed by atoms with van der Waals surface area (Å²) in [6.07, 6.45) is 3.98. The van der Waals surface area contributed by atoms with E-state index in [1.807, 2.05) is 24.8 Å². The summed E-state index contributed by atoms with van der Waals surface area (Å²) in [4.78, 5) is 14.1. The molecule has 0 radical (unpaired) electrons. The highest BCUT2D eigenvalue weighted by Gasteiger charge is 2.33. The van der Waals surface area contributed by atoms with Gasteiger partial charge in [-0.05, 0) is 37.7 Å². The second kappa shape index (κ2) is 5.60. The molecule has 19 heavy (non-hydrogen) atoms. The predicted octanol–water partition coefficient (Wildman–Crippen LogP) is 3.53. The van der Waals surface area contributed by atoms with Crippen LogP contribution in [-0.4, -0.2) is 23.9 Å². The number of allylic oxidation sites excluding steroid dienone is 1. The van der Waals surface area contributed by atoms with Gasteiger partial charge in [-0.25, -0.2) is 0 Å². The molecule has 0 bridgehead atoms. The zero-order chi connectivity index (χ0) is 13.9. The standard InChI is InChI=1S/C17H23NO/c1-4-14(2)16(19)18-12-10-17(3,11-13-18)15-8-6-5-7-9-15/h4-9H,10-13H2,1-3H3/b14-4+. The van der Waals surface area contributed by atoms with Crippen LogP contribution in [0.3, 0.4) is 0 Å². The highest BCUT2D eigenvalue weighted by Crippen LogP contribution is 2.35. The molecule has 2 rings (SSSR count). The normalized spacial score (nSPS) is 19.3. The third-order valence-corrected chi connectivity index (χ3v) is 4.40. The topological polar surface area (TPSA) is 20.3 Å². The van der Waals surface area contributed by atoms with Crippen LogP contribution in [0.1, 0.15) is 39.2 Å². The van der Waals surface area contributed by atoms with Crippen LogP contribution in [0, 0.1) is 0 Å². The minimum Gasteiger partial charge on any atom is -0.339 e. The molecule has 0 aliphatic carbocycles. The van der Waals surface area contributed by atoms with Gasteiger partial charge in [-0.3, -0.25) is 4.79 Å². The first-order chi connectivity index (χ1) is 9.07. The lowest BCUT2D eigenvalue weighted by Gasteiger charge is -2.40. The van der Waals surface area contributed by atoms with Crippen molar-refractivity contribution in [3.63, 3.8) is 0 Å². The maximum Gasteiger partial charge on any atom is 0.249 e. The van der Waals surface area contributed by atoms with Gasteiger partial charge in [-0.15, -0.1) is 0 Å². The highest BCUT2D eigenvalue weighted by atomic mass is 16.2. The maximum absolute atomic E-state index is 12.1. The first-order valence-corrected chi connectivity index (χ1v) is 7.04. The Morgan fingerprint density at radius 3 is 2.32 bits per heavy atom. The minimum absolute atomic E-state index is 0.192. The van der Waals surface area contributed by atoms with Crippen LogP contribution in [0.25, 0.3) is 0 Å². The largest absolute Gasteiger partial charge is 0.339 e. The van der Waals surface area contributed by atoms with Gasteiger partial charge in [-0.2, -0.15) is 0 Å². The van der Waals surface area contributed by atoms with Crippen LogP contribution in [0.5, 0.6) is 0 Å². The van der Waals surface area contributed by atoms with Gasteiger partial charge in [0, 0.05) is 18.7 Å². The van der Waals surface area contributed by atoms with E-state index in [0.29, 0.717) is 0 Å². The summed E-state index contributed by atoms with van der Waals surface area (Å²) >= 11 is 0. The molecule has 102 valence electrons. The summed E-state index contributed by atoms with van der Waals surface area (Å²) in [7, 11) is 0. The van der Waals surface area contributed by atoms with Crippen LogP contribution in [0.15, 0.2) is 42.0 Å². The van der Waals surface area contributed by atoms with Gasteiger partial charge in [0.25, 0.3) is 0 Å². The third-order valence-electron chi connectivity index (χ3n) is 4.40. The summed E-state index contributed by atoms with van der Waals surface area (Å²) < 4.78 is 0. The van der Waals surface area contributed by atoms with Gasteiger partial charge >= 0.3 is 0 Å². The molecule has 0 atom stereocenters. The number of benzene rings is 1. The zero-order valence-electron chi connectivity index (χ0n) is 12.1. The monoisotopic (exact) mass is 257 g/mol. The van der Waals surface area contributed by atoms with Gasteiger partial charge in [0.2, 0.25) is 5.91 Å². The van der Waals surface area contributed by atoms with Crippen molar-refractivity contribution >= 4 is 5.91 Å². The van der Waals surface area contributed by atoms with Crippen LogP contribution in [-0.2, 0) is 10.2 Å². The summed E-state index contributed by atoms with van der Waals surface area (Å²) in [5.74, 6) is 0.192. The first kappa shape index (κ1) is 13.9. The molecule has 1 amide bonds. The molecule has 0 saturated carbocycles. The highest BCUT2D eigenvalue weighted by molar-refractivity contribution is 5.92. The lowest BCUT2D eigenvalue weighted by molar-refractivity contribution is -0.128. The lowest BCUT2D eigenvalue weighted by atomic mass is 9.74. The van der Waals surface area contributed by atoms with Gasteiger partial charge in [-0.1, -0.05) is 43.3 Å². The quantitative estimate of drug-likeness (QED) is 0.742. The van der Waals surface area contributed by atoms with E-state index in [9.17, 15) is 4.79 Å². The Morgan fingerprint density at radius 2 is 1.79 bits per heavy atom. The summed E-state index contributed by atoms with van der Waals surface area (Å²) in [6.45, 7) is 7.84. The van der Waals surface area contributed by atoms with E-state index in [1.165, 1.54) is 5.56 Å². The minimum atomic E-state index is 0.192. The summed E-state index contributed by atoms with van der Waals surface area (Å²) in [6, 6.07) is 10.7. The molecule has 1 saturated heterocycles. The molecule has 1 aromatic carbocycles. The van der Waals surface area contributed by atoms with Crippen molar-refractivity contribution in [3.05, 3.63) is 47.5 Å². The molecule has 1 aromatic rings. The Kier molecular flexibility index (Phi) is 4.08. The molecular formula is C17H23NO. The maximum atomic E-state index is 12.1. The smallest absolute Gasteiger partial charge is 0.249 e. The molecule has 0 unspecified atom stereocenters. The average Bonchev–Trinajstić information content (AvgIpc) is 2.47. The SMILES string of the molecule is C/C=C(\C)C(=O)N1CCC(C)(c2ccccc2)CC1. The zero-order valence-corrected chi connectivity index (χ0v) is 12.1. The van der Waals surface area contributed by atoms with E-state index in [2.05, 4.69) is 37.3 Å². The Hall–Kier alpha value is -1.57. The Bertz CT molecular complexity index is 467. The number of amides is 1. The number of likely N-dealkylation sites (tertiary alicyclic amines) is 1. The fourth-order valence-corrected chi connectivity index (χ4v) is 2.71. The molecular weight excluding hydrogens is 234 g/mol. The van der Waals surface area contributed by atoms with Crippen molar-refractivity contribution < 1.29 is 4.79 Å². The van der Waals surface area contributed by atoms with Crippen LogP contribution in [0.2, 0.25) is 0 Å². The molecule has 0 N–H and O–H groups in total. The lowest BCUT2D eigenvalue weighted by Crippen LogP contribution is -2.44. The summed E-state index contributed by atoms with van der Waals surface area (Å²) in [5.41, 5.74) is 2.45. The molecule has 0 aromatic heterocycles. The van der Waals surface area contributed by atoms with E-state index in [1.54, 1.807) is 0 Å². The molecule has 1 heterocycles. The number of carbonyl (C=O) groups is 1. The number of piperidine rings is 1. The Morgan fingerprint density at radius 1 is 1.21 bits per heavy atom. The number of hydrogen-bond donors (Lipinski definition) is 0. The second-order valence-corrected chi connectivity index (χ2v) is 5.69. The van der Waals surface area contributed by atoms with Crippen molar-refractivity contribution in [1.82, 2.24) is 4.90 Å². The molecule has 1 aliphatic heterocycles. The molecule has 0 spiro atoms. The number of carbonyl (C=O) groups excluding carboxylic acids is 1. The predicted molar refractivity (Wildman–Crippen MR) is 79.0 cm³/mol.